The Bertz CT molecular complexity index is 486. The normalized spacial score (nSPS) is 19.7. The molecule has 2 aliphatic rings. The summed E-state index contributed by atoms with van der Waals surface area (Å²) in [5.74, 6) is -0.265. The number of carbonyl (C=O) groups is 1. The van der Waals surface area contributed by atoms with E-state index < -0.39 is 6.09 Å². The van der Waals surface area contributed by atoms with Crippen LogP contribution < -0.4 is 9.80 Å². The Balaban J connectivity index is 1.82. The van der Waals surface area contributed by atoms with Crippen LogP contribution in [0.25, 0.3) is 0 Å². The minimum absolute atomic E-state index is 0.265. The van der Waals surface area contributed by atoms with Gasteiger partial charge in [0.2, 0.25) is 0 Å². The lowest BCUT2D eigenvalue weighted by molar-refractivity contribution is 0.181. The molecule has 4 nitrogen and oxygen atoms in total. The van der Waals surface area contributed by atoms with E-state index in [1.807, 2.05) is 0 Å². The van der Waals surface area contributed by atoms with E-state index in [2.05, 4.69) is 4.90 Å². The van der Waals surface area contributed by atoms with E-state index in [1.165, 1.54) is 17.4 Å². The van der Waals surface area contributed by atoms with Crippen molar-refractivity contribution in [2.75, 3.05) is 36.0 Å². The Morgan fingerprint density at radius 3 is 2.53 bits per heavy atom. The maximum atomic E-state index is 14.2. The van der Waals surface area contributed by atoms with Crippen molar-refractivity contribution in [3.63, 3.8) is 0 Å². The third kappa shape index (κ3) is 2.37. The minimum Gasteiger partial charge on any atom is -0.447 e. The number of benzene rings is 1. The first-order chi connectivity index (χ1) is 9.25. The standard InChI is InChI=1S/C14H17FN2O2/c15-12-10-11(17-8-9-19-14(17)18)4-5-13(12)16-6-2-1-3-7-16/h4-5,10H,1-3,6-9H2. The smallest absolute Gasteiger partial charge is 0.414 e. The van der Waals surface area contributed by atoms with Gasteiger partial charge in [-0.3, -0.25) is 4.90 Å². The van der Waals surface area contributed by atoms with Crippen LogP contribution in [0.3, 0.4) is 0 Å². The number of amides is 1. The number of cyclic esters (lactones) is 1. The molecule has 0 radical (unpaired) electrons. The fraction of sp³-hybridized carbons (Fsp3) is 0.500. The zero-order valence-electron chi connectivity index (χ0n) is 10.8. The third-order valence-corrected chi connectivity index (χ3v) is 3.70. The van der Waals surface area contributed by atoms with E-state index in [0.717, 1.165) is 25.9 Å². The summed E-state index contributed by atoms with van der Waals surface area (Å²) in [5.41, 5.74) is 1.21. The summed E-state index contributed by atoms with van der Waals surface area (Å²) in [5, 5.41) is 0. The highest BCUT2D eigenvalue weighted by Gasteiger charge is 2.25. The molecule has 0 unspecified atom stereocenters. The maximum Gasteiger partial charge on any atom is 0.414 e. The van der Waals surface area contributed by atoms with Crippen LogP contribution in [0.4, 0.5) is 20.6 Å². The summed E-state index contributed by atoms with van der Waals surface area (Å²) in [4.78, 5) is 15.0. The second kappa shape index (κ2) is 5.07. The van der Waals surface area contributed by atoms with Gasteiger partial charge >= 0.3 is 6.09 Å². The predicted octanol–water partition coefficient (Wildman–Crippen LogP) is 2.77. The fourth-order valence-electron chi connectivity index (χ4n) is 2.68. The Morgan fingerprint density at radius 1 is 1.11 bits per heavy atom. The Morgan fingerprint density at radius 2 is 1.89 bits per heavy atom. The first-order valence-electron chi connectivity index (χ1n) is 6.74. The Labute approximate surface area is 111 Å². The second-order valence-corrected chi connectivity index (χ2v) is 4.95. The van der Waals surface area contributed by atoms with E-state index >= 15 is 0 Å². The number of anilines is 2. The fourth-order valence-corrected chi connectivity index (χ4v) is 2.68. The summed E-state index contributed by atoms with van der Waals surface area (Å²) in [7, 11) is 0. The van der Waals surface area contributed by atoms with Crippen LogP contribution in [-0.4, -0.2) is 32.3 Å². The molecular formula is C14H17FN2O2. The molecule has 0 saturated carbocycles. The highest BCUT2D eigenvalue weighted by atomic mass is 19.1. The molecule has 2 saturated heterocycles. The molecule has 0 aromatic heterocycles. The monoisotopic (exact) mass is 264 g/mol. The predicted molar refractivity (Wildman–Crippen MR) is 71.2 cm³/mol. The number of hydrogen-bond donors (Lipinski definition) is 0. The van der Waals surface area contributed by atoms with E-state index in [-0.39, 0.29) is 5.82 Å². The van der Waals surface area contributed by atoms with Crippen molar-refractivity contribution in [2.45, 2.75) is 19.3 Å². The Kier molecular flexibility index (Phi) is 3.27. The average molecular weight is 264 g/mol. The highest BCUT2D eigenvalue weighted by molar-refractivity contribution is 5.89. The van der Waals surface area contributed by atoms with Crippen LogP contribution in [0.5, 0.6) is 0 Å². The van der Waals surface area contributed by atoms with E-state index in [0.29, 0.717) is 24.5 Å². The van der Waals surface area contributed by atoms with Crippen LogP contribution in [0, 0.1) is 5.82 Å². The molecule has 0 atom stereocenters. The van der Waals surface area contributed by atoms with Crippen LogP contribution in [-0.2, 0) is 4.74 Å². The van der Waals surface area contributed by atoms with Gasteiger partial charge in [0, 0.05) is 13.1 Å². The quantitative estimate of drug-likeness (QED) is 0.823. The van der Waals surface area contributed by atoms with Crippen molar-refractivity contribution in [1.29, 1.82) is 0 Å². The van der Waals surface area contributed by atoms with Crippen LogP contribution >= 0.6 is 0 Å². The molecule has 3 rings (SSSR count). The van der Waals surface area contributed by atoms with Gasteiger partial charge in [0.15, 0.2) is 0 Å². The number of rotatable bonds is 2. The Hall–Kier alpha value is -1.78. The number of piperidine rings is 1. The van der Waals surface area contributed by atoms with Crippen LogP contribution in [0.15, 0.2) is 18.2 Å². The number of carbonyl (C=O) groups excluding carboxylic acids is 1. The molecule has 2 aliphatic heterocycles. The molecule has 0 N–H and O–H groups in total. The molecule has 5 heteroatoms. The minimum atomic E-state index is -0.398. The second-order valence-electron chi connectivity index (χ2n) is 4.95. The van der Waals surface area contributed by atoms with Crippen molar-refractivity contribution in [1.82, 2.24) is 0 Å². The average Bonchev–Trinajstić information content (AvgIpc) is 2.86. The topological polar surface area (TPSA) is 32.8 Å². The lowest BCUT2D eigenvalue weighted by Crippen LogP contribution is -2.30. The van der Waals surface area contributed by atoms with Crippen molar-refractivity contribution in [3.8, 4) is 0 Å². The number of halogens is 1. The summed E-state index contributed by atoms with van der Waals surface area (Å²) in [6.45, 7) is 2.67. The van der Waals surface area contributed by atoms with Crippen molar-refractivity contribution in [2.24, 2.45) is 0 Å². The van der Waals surface area contributed by atoms with Crippen molar-refractivity contribution >= 4 is 17.5 Å². The van der Waals surface area contributed by atoms with Crippen LogP contribution in [0.2, 0.25) is 0 Å². The summed E-state index contributed by atoms with van der Waals surface area (Å²) in [6.07, 6.45) is 3.04. The summed E-state index contributed by atoms with van der Waals surface area (Å²) < 4.78 is 19.1. The lowest BCUT2D eigenvalue weighted by Gasteiger charge is -2.29. The maximum absolute atomic E-state index is 14.2. The number of hydrogen-bond acceptors (Lipinski definition) is 3. The van der Waals surface area contributed by atoms with E-state index in [1.54, 1.807) is 12.1 Å². The molecule has 19 heavy (non-hydrogen) atoms. The largest absolute Gasteiger partial charge is 0.447 e. The molecule has 2 heterocycles. The first kappa shape index (κ1) is 12.3. The van der Waals surface area contributed by atoms with Gasteiger partial charge in [-0.2, -0.15) is 0 Å². The van der Waals surface area contributed by atoms with Gasteiger partial charge < -0.3 is 9.64 Å². The van der Waals surface area contributed by atoms with Crippen molar-refractivity contribution in [3.05, 3.63) is 24.0 Å². The molecule has 0 aliphatic carbocycles. The van der Waals surface area contributed by atoms with E-state index in [9.17, 15) is 9.18 Å². The molecule has 0 spiro atoms. The van der Waals surface area contributed by atoms with Gasteiger partial charge in [0.05, 0.1) is 17.9 Å². The van der Waals surface area contributed by atoms with E-state index in [4.69, 9.17) is 4.74 Å². The molecular weight excluding hydrogens is 247 g/mol. The van der Waals surface area contributed by atoms with Gasteiger partial charge in [-0.05, 0) is 37.5 Å². The third-order valence-electron chi connectivity index (χ3n) is 3.70. The zero-order chi connectivity index (χ0) is 13.2. The molecule has 2 fully saturated rings. The molecule has 0 bridgehead atoms. The molecule has 1 aromatic rings. The SMILES string of the molecule is O=C1OCCN1c1ccc(N2CCCCC2)c(F)c1. The summed E-state index contributed by atoms with van der Waals surface area (Å²) >= 11 is 0. The number of nitrogens with zero attached hydrogens (tertiary/aromatic N) is 2. The molecule has 102 valence electrons. The van der Waals surface area contributed by atoms with Crippen LogP contribution in [0.1, 0.15) is 19.3 Å². The lowest BCUT2D eigenvalue weighted by atomic mass is 10.1. The molecule has 1 amide bonds. The van der Waals surface area contributed by atoms with Gasteiger partial charge in [-0.15, -0.1) is 0 Å². The summed E-state index contributed by atoms with van der Waals surface area (Å²) in [6, 6.07) is 4.98. The van der Waals surface area contributed by atoms with Gasteiger partial charge in [-0.25, -0.2) is 9.18 Å². The van der Waals surface area contributed by atoms with Gasteiger partial charge in [0.1, 0.15) is 12.4 Å². The zero-order valence-corrected chi connectivity index (χ0v) is 10.8. The number of ether oxygens (including phenoxy) is 1. The van der Waals surface area contributed by atoms with Gasteiger partial charge in [-0.1, -0.05) is 0 Å². The molecule has 1 aromatic carbocycles. The van der Waals surface area contributed by atoms with Gasteiger partial charge in [0.25, 0.3) is 0 Å². The highest BCUT2D eigenvalue weighted by Crippen LogP contribution is 2.28. The first-order valence-corrected chi connectivity index (χ1v) is 6.74. The van der Waals surface area contributed by atoms with Crippen molar-refractivity contribution < 1.29 is 13.9 Å².